The Morgan fingerprint density at radius 1 is 1.26 bits per heavy atom. The van der Waals surface area contributed by atoms with E-state index in [4.69, 9.17) is 10.5 Å². The number of hydrogen-bond donors (Lipinski definition) is 1. The van der Waals surface area contributed by atoms with Crippen LogP contribution in [0.1, 0.15) is 59.8 Å². The summed E-state index contributed by atoms with van der Waals surface area (Å²) in [5.41, 5.74) is 6.39. The van der Waals surface area contributed by atoms with Gasteiger partial charge in [0.2, 0.25) is 0 Å². The van der Waals surface area contributed by atoms with Crippen LogP contribution >= 0.6 is 0 Å². The minimum absolute atomic E-state index is 0.215. The second-order valence-electron chi connectivity index (χ2n) is 6.14. The van der Waals surface area contributed by atoms with Crippen molar-refractivity contribution in [1.82, 2.24) is 4.90 Å². The molecule has 0 aromatic heterocycles. The molecule has 0 amide bonds. The third-order valence-corrected chi connectivity index (χ3v) is 4.98. The lowest BCUT2D eigenvalue weighted by molar-refractivity contribution is -0.0257. The number of rotatable bonds is 8. The van der Waals surface area contributed by atoms with Crippen LogP contribution in [0.2, 0.25) is 0 Å². The van der Waals surface area contributed by atoms with Crippen LogP contribution in [0.25, 0.3) is 0 Å². The molecule has 0 spiro atoms. The first-order chi connectivity index (χ1) is 9.11. The molecular weight excluding hydrogens is 236 g/mol. The molecule has 0 bridgehead atoms. The molecule has 2 unspecified atom stereocenters. The highest BCUT2D eigenvalue weighted by Crippen LogP contribution is 2.31. The Morgan fingerprint density at radius 2 is 1.89 bits per heavy atom. The van der Waals surface area contributed by atoms with Crippen molar-refractivity contribution in [2.24, 2.45) is 11.7 Å². The van der Waals surface area contributed by atoms with Crippen molar-refractivity contribution in [3.8, 4) is 0 Å². The van der Waals surface area contributed by atoms with E-state index in [2.05, 4.69) is 32.6 Å². The van der Waals surface area contributed by atoms with Gasteiger partial charge in [0.25, 0.3) is 0 Å². The smallest absolute Gasteiger partial charge is 0.0599 e. The summed E-state index contributed by atoms with van der Waals surface area (Å²) in [6.07, 6.45) is 6.43. The summed E-state index contributed by atoms with van der Waals surface area (Å²) in [5.74, 6) is 0.758. The highest BCUT2D eigenvalue weighted by Gasteiger charge is 2.36. The van der Waals surface area contributed by atoms with E-state index in [1.165, 1.54) is 12.8 Å². The van der Waals surface area contributed by atoms with Crippen LogP contribution in [0.4, 0.5) is 0 Å². The Kier molecular flexibility index (Phi) is 7.33. The predicted molar refractivity (Wildman–Crippen MR) is 82.4 cm³/mol. The van der Waals surface area contributed by atoms with E-state index < -0.39 is 0 Å². The molecule has 0 aromatic rings. The Bertz CT molecular complexity index is 233. The molecule has 0 aliphatic carbocycles. The third kappa shape index (κ3) is 4.44. The zero-order valence-corrected chi connectivity index (χ0v) is 13.5. The monoisotopic (exact) mass is 270 g/mol. The normalized spacial score (nSPS) is 23.2. The Hall–Kier alpha value is -0.120. The van der Waals surface area contributed by atoms with Gasteiger partial charge in [-0.05, 0) is 38.5 Å². The molecule has 1 aliphatic rings. The van der Waals surface area contributed by atoms with Gasteiger partial charge in [0.05, 0.1) is 6.10 Å². The van der Waals surface area contributed by atoms with E-state index in [-0.39, 0.29) is 5.54 Å². The first-order valence-electron chi connectivity index (χ1n) is 8.18. The average molecular weight is 270 g/mol. The Balaban J connectivity index is 2.62. The topological polar surface area (TPSA) is 38.5 Å². The maximum Gasteiger partial charge on any atom is 0.0599 e. The number of likely N-dealkylation sites (tertiary alicyclic amines) is 1. The number of nitrogens with zero attached hydrogens (tertiary/aromatic N) is 1. The SMILES string of the molecule is CCOC1CCN(C(CC)(CN)CC(C)CC)CC1. The highest BCUT2D eigenvalue weighted by atomic mass is 16.5. The molecule has 1 aliphatic heterocycles. The van der Waals surface area contributed by atoms with E-state index in [1.807, 2.05) is 0 Å². The molecule has 1 heterocycles. The molecule has 0 saturated carbocycles. The maximum absolute atomic E-state index is 6.17. The Labute approximate surface area is 119 Å². The summed E-state index contributed by atoms with van der Waals surface area (Å²) in [5, 5.41) is 0. The molecule has 1 saturated heterocycles. The highest BCUT2D eigenvalue weighted by molar-refractivity contribution is 4.94. The van der Waals surface area contributed by atoms with Gasteiger partial charge in [-0.25, -0.2) is 0 Å². The molecule has 3 nitrogen and oxygen atoms in total. The van der Waals surface area contributed by atoms with E-state index in [0.29, 0.717) is 6.10 Å². The fourth-order valence-corrected chi connectivity index (χ4v) is 3.38. The van der Waals surface area contributed by atoms with Crippen LogP contribution in [0, 0.1) is 5.92 Å². The summed E-state index contributed by atoms with van der Waals surface area (Å²) in [7, 11) is 0. The van der Waals surface area contributed by atoms with Gasteiger partial charge in [0, 0.05) is 31.8 Å². The van der Waals surface area contributed by atoms with Crippen LogP contribution in [-0.4, -0.2) is 42.8 Å². The van der Waals surface area contributed by atoms with Crippen molar-refractivity contribution < 1.29 is 4.74 Å². The fraction of sp³-hybridized carbons (Fsp3) is 1.00. The van der Waals surface area contributed by atoms with Crippen molar-refractivity contribution >= 4 is 0 Å². The largest absolute Gasteiger partial charge is 0.378 e. The van der Waals surface area contributed by atoms with Crippen LogP contribution < -0.4 is 5.73 Å². The summed E-state index contributed by atoms with van der Waals surface area (Å²) >= 11 is 0. The van der Waals surface area contributed by atoms with Gasteiger partial charge in [-0.2, -0.15) is 0 Å². The number of ether oxygens (including phenoxy) is 1. The van der Waals surface area contributed by atoms with Crippen LogP contribution in [0.3, 0.4) is 0 Å². The van der Waals surface area contributed by atoms with Gasteiger partial charge >= 0.3 is 0 Å². The molecule has 0 aromatic carbocycles. The van der Waals surface area contributed by atoms with Gasteiger partial charge in [0.1, 0.15) is 0 Å². The molecule has 1 fully saturated rings. The first-order valence-corrected chi connectivity index (χ1v) is 8.18. The van der Waals surface area contributed by atoms with Gasteiger partial charge in [-0.15, -0.1) is 0 Å². The number of hydrogen-bond acceptors (Lipinski definition) is 3. The van der Waals surface area contributed by atoms with E-state index >= 15 is 0 Å². The van der Waals surface area contributed by atoms with Crippen molar-refractivity contribution in [1.29, 1.82) is 0 Å². The van der Waals surface area contributed by atoms with Crippen LogP contribution in [0.15, 0.2) is 0 Å². The summed E-state index contributed by atoms with van der Waals surface area (Å²) < 4.78 is 5.76. The standard InChI is InChI=1S/C16H34N2O/c1-5-14(4)12-16(6-2,13-17)18-10-8-15(9-11-18)19-7-3/h14-15H,5-13,17H2,1-4H3. The van der Waals surface area contributed by atoms with Gasteiger partial charge in [-0.3, -0.25) is 4.90 Å². The fourth-order valence-electron chi connectivity index (χ4n) is 3.38. The van der Waals surface area contributed by atoms with E-state index in [1.54, 1.807) is 0 Å². The van der Waals surface area contributed by atoms with Crippen molar-refractivity contribution in [2.45, 2.75) is 71.4 Å². The zero-order valence-electron chi connectivity index (χ0n) is 13.5. The molecule has 114 valence electrons. The van der Waals surface area contributed by atoms with E-state index in [0.717, 1.165) is 51.4 Å². The van der Waals surface area contributed by atoms with Crippen LogP contribution in [0.5, 0.6) is 0 Å². The molecule has 2 atom stereocenters. The lowest BCUT2D eigenvalue weighted by Crippen LogP contribution is -2.57. The van der Waals surface area contributed by atoms with E-state index in [9.17, 15) is 0 Å². The maximum atomic E-state index is 6.17. The third-order valence-electron chi connectivity index (χ3n) is 4.98. The number of piperidine rings is 1. The summed E-state index contributed by atoms with van der Waals surface area (Å²) in [4.78, 5) is 2.65. The van der Waals surface area contributed by atoms with Crippen molar-refractivity contribution in [3.63, 3.8) is 0 Å². The van der Waals surface area contributed by atoms with Gasteiger partial charge < -0.3 is 10.5 Å². The minimum Gasteiger partial charge on any atom is -0.378 e. The second-order valence-corrected chi connectivity index (χ2v) is 6.14. The molecule has 3 heteroatoms. The van der Waals surface area contributed by atoms with Crippen LogP contribution in [-0.2, 0) is 4.74 Å². The molecule has 19 heavy (non-hydrogen) atoms. The minimum atomic E-state index is 0.215. The van der Waals surface area contributed by atoms with Gasteiger partial charge in [0.15, 0.2) is 0 Å². The lowest BCUT2D eigenvalue weighted by Gasteiger charge is -2.47. The first kappa shape index (κ1) is 16.9. The molecule has 0 radical (unpaired) electrons. The Morgan fingerprint density at radius 3 is 2.32 bits per heavy atom. The lowest BCUT2D eigenvalue weighted by atomic mass is 9.82. The number of nitrogens with two attached hydrogens (primary N) is 1. The second kappa shape index (κ2) is 8.23. The molecular formula is C16H34N2O. The molecule has 2 N–H and O–H groups in total. The summed E-state index contributed by atoms with van der Waals surface area (Å²) in [6.45, 7) is 12.9. The summed E-state index contributed by atoms with van der Waals surface area (Å²) in [6, 6.07) is 0. The quantitative estimate of drug-likeness (QED) is 0.737. The van der Waals surface area contributed by atoms with Crippen molar-refractivity contribution in [3.05, 3.63) is 0 Å². The molecule has 1 rings (SSSR count). The van der Waals surface area contributed by atoms with Crippen molar-refractivity contribution in [2.75, 3.05) is 26.2 Å². The zero-order chi connectivity index (χ0) is 14.3. The van der Waals surface area contributed by atoms with Gasteiger partial charge in [-0.1, -0.05) is 27.2 Å². The average Bonchev–Trinajstić information content (AvgIpc) is 2.46. The predicted octanol–water partition coefficient (Wildman–Crippen LogP) is 3.03.